The largest absolute Gasteiger partial charge is 0.465 e. The second kappa shape index (κ2) is 5.05. The van der Waals surface area contributed by atoms with Crippen LogP contribution in [0.2, 0.25) is 0 Å². The van der Waals surface area contributed by atoms with Gasteiger partial charge in [0.2, 0.25) is 0 Å². The van der Waals surface area contributed by atoms with Gasteiger partial charge in [-0.25, -0.2) is 4.79 Å². The van der Waals surface area contributed by atoms with Gasteiger partial charge in [0, 0.05) is 6.54 Å². The molecule has 0 aliphatic rings. The fraction of sp³-hybridized carbons (Fsp3) is 0.833. The summed E-state index contributed by atoms with van der Waals surface area (Å²) in [6.07, 6.45) is -0.0225. The van der Waals surface area contributed by atoms with Gasteiger partial charge in [-0.05, 0) is 19.8 Å². The number of carboxylic acid groups (broad SMARTS) is 1. The lowest BCUT2D eigenvalue weighted by Crippen LogP contribution is -2.22. The molecular weight excluding hydrogens is 134 g/mol. The Morgan fingerprint density at radius 1 is 1.70 bits per heavy atom. The van der Waals surface area contributed by atoms with Gasteiger partial charge in [0.25, 0.3) is 0 Å². The normalized spacial score (nSPS) is 12.6. The van der Waals surface area contributed by atoms with Gasteiger partial charge in [0.05, 0.1) is 6.10 Å². The zero-order chi connectivity index (χ0) is 7.98. The summed E-state index contributed by atoms with van der Waals surface area (Å²) in [5.41, 5.74) is 0. The summed E-state index contributed by atoms with van der Waals surface area (Å²) in [6, 6.07) is 0. The summed E-state index contributed by atoms with van der Waals surface area (Å²) >= 11 is 0. The third kappa shape index (κ3) is 7.23. The number of rotatable bonds is 4. The molecule has 0 aliphatic carbocycles. The number of aliphatic hydroxyl groups is 1. The maximum absolute atomic E-state index is 9.87. The van der Waals surface area contributed by atoms with Crippen LogP contribution in [0.1, 0.15) is 19.8 Å². The summed E-state index contributed by atoms with van der Waals surface area (Å²) in [5.74, 6) is 0. The monoisotopic (exact) mass is 147 g/mol. The topological polar surface area (TPSA) is 69.6 Å². The molecule has 0 saturated carbocycles. The zero-order valence-electron chi connectivity index (χ0n) is 6.00. The lowest BCUT2D eigenvalue weighted by atomic mass is 10.2. The van der Waals surface area contributed by atoms with Gasteiger partial charge in [-0.3, -0.25) is 0 Å². The number of nitrogens with one attached hydrogen (secondary N) is 1. The fourth-order valence-corrected chi connectivity index (χ4v) is 0.593. The van der Waals surface area contributed by atoms with Gasteiger partial charge in [0.15, 0.2) is 0 Å². The van der Waals surface area contributed by atoms with Crippen LogP contribution < -0.4 is 5.32 Å². The van der Waals surface area contributed by atoms with Crippen molar-refractivity contribution in [2.75, 3.05) is 6.54 Å². The highest BCUT2D eigenvalue weighted by molar-refractivity contribution is 5.64. The van der Waals surface area contributed by atoms with Crippen molar-refractivity contribution in [2.24, 2.45) is 0 Å². The molecule has 0 spiro atoms. The highest BCUT2D eigenvalue weighted by Crippen LogP contribution is 1.92. The van der Waals surface area contributed by atoms with E-state index in [-0.39, 0.29) is 6.10 Å². The molecule has 0 saturated heterocycles. The maximum Gasteiger partial charge on any atom is 0.404 e. The van der Waals surface area contributed by atoms with Crippen LogP contribution >= 0.6 is 0 Å². The molecule has 0 aromatic rings. The Morgan fingerprint density at radius 2 is 2.30 bits per heavy atom. The molecule has 0 fully saturated rings. The molecule has 10 heavy (non-hydrogen) atoms. The molecule has 0 radical (unpaired) electrons. The van der Waals surface area contributed by atoms with Crippen molar-refractivity contribution in [1.82, 2.24) is 5.32 Å². The third-order valence-corrected chi connectivity index (χ3v) is 1.07. The third-order valence-electron chi connectivity index (χ3n) is 1.07. The van der Waals surface area contributed by atoms with Gasteiger partial charge >= 0.3 is 6.09 Å². The maximum atomic E-state index is 9.87. The van der Waals surface area contributed by atoms with Crippen LogP contribution in [0.15, 0.2) is 0 Å². The van der Waals surface area contributed by atoms with E-state index >= 15 is 0 Å². The minimum Gasteiger partial charge on any atom is -0.465 e. The average Bonchev–Trinajstić information content (AvgIpc) is 1.79. The van der Waals surface area contributed by atoms with E-state index in [1.54, 1.807) is 6.92 Å². The van der Waals surface area contributed by atoms with E-state index in [2.05, 4.69) is 5.32 Å². The van der Waals surface area contributed by atoms with E-state index in [1.807, 2.05) is 0 Å². The lowest BCUT2D eigenvalue weighted by molar-refractivity contribution is 0.177. The number of carbonyl (C=O) groups is 1. The standard InChI is InChI=1S/C6H13NO3/c1-5(8)3-2-4-7-6(9)10/h5,7-8H,2-4H2,1H3,(H,9,10). The fourth-order valence-electron chi connectivity index (χ4n) is 0.593. The van der Waals surface area contributed by atoms with Crippen LogP contribution in [0.25, 0.3) is 0 Å². The lowest BCUT2D eigenvalue weighted by Gasteiger charge is -2.02. The molecule has 4 nitrogen and oxygen atoms in total. The molecule has 0 bridgehead atoms. The van der Waals surface area contributed by atoms with Gasteiger partial charge in [-0.2, -0.15) is 0 Å². The number of hydrogen-bond acceptors (Lipinski definition) is 2. The van der Waals surface area contributed by atoms with Crippen LogP contribution in [0.5, 0.6) is 0 Å². The Morgan fingerprint density at radius 3 is 2.70 bits per heavy atom. The summed E-state index contributed by atoms with van der Waals surface area (Å²) in [4.78, 5) is 9.87. The highest BCUT2D eigenvalue weighted by Gasteiger charge is 1.96. The number of amides is 1. The van der Waals surface area contributed by atoms with Crippen LogP contribution in [0, 0.1) is 0 Å². The predicted molar refractivity (Wildman–Crippen MR) is 36.9 cm³/mol. The zero-order valence-corrected chi connectivity index (χ0v) is 6.00. The molecule has 0 heterocycles. The minimum atomic E-state index is -1.01. The second-order valence-electron chi connectivity index (χ2n) is 2.22. The van der Waals surface area contributed by atoms with Crippen molar-refractivity contribution in [3.63, 3.8) is 0 Å². The molecule has 1 amide bonds. The van der Waals surface area contributed by atoms with Crippen molar-refractivity contribution in [2.45, 2.75) is 25.9 Å². The van der Waals surface area contributed by atoms with Crippen molar-refractivity contribution in [3.8, 4) is 0 Å². The van der Waals surface area contributed by atoms with Crippen LogP contribution in [0.3, 0.4) is 0 Å². The first-order valence-electron chi connectivity index (χ1n) is 3.28. The Kier molecular flexibility index (Phi) is 4.66. The molecule has 0 aromatic carbocycles. The van der Waals surface area contributed by atoms with Crippen molar-refractivity contribution in [3.05, 3.63) is 0 Å². The summed E-state index contributed by atoms with van der Waals surface area (Å²) in [5, 5.41) is 19.1. The minimum absolute atomic E-state index is 0.337. The van der Waals surface area contributed by atoms with E-state index in [1.165, 1.54) is 0 Å². The van der Waals surface area contributed by atoms with Crippen molar-refractivity contribution >= 4 is 6.09 Å². The number of aliphatic hydroxyl groups excluding tert-OH is 1. The summed E-state index contributed by atoms with van der Waals surface area (Å²) < 4.78 is 0. The Balaban J connectivity index is 2.98. The van der Waals surface area contributed by atoms with E-state index in [0.717, 1.165) is 0 Å². The van der Waals surface area contributed by atoms with Crippen LogP contribution in [0.4, 0.5) is 4.79 Å². The Bertz CT molecular complexity index is 103. The Labute approximate surface area is 59.9 Å². The van der Waals surface area contributed by atoms with Gasteiger partial charge < -0.3 is 15.5 Å². The first kappa shape index (κ1) is 9.23. The quantitative estimate of drug-likeness (QED) is 0.504. The van der Waals surface area contributed by atoms with E-state index < -0.39 is 6.09 Å². The molecule has 4 heteroatoms. The molecule has 0 rings (SSSR count). The van der Waals surface area contributed by atoms with E-state index in [0.29, 0.717) is 19.4 Å². The van der Waals surface area contributed by atoms with E-state index in [9.17, 15) is 4.79 Å². The first-order chi connectivity index (χ1) is 4.63. The summed E-state index contributed by atoms with van der Waals surface area (Å²) in [6.45, 7) is 2.10. The summed E-state index contributed by atoms with van der Waals surface area (Å²) in [7, 11) is 0. The van der Waals surface area contributed by atoms with Gasteiger partial charge in [0.1, 0.15) is 0 Å². The molecule has 1 unspecified atom stereocenters. The van der Waals surface area contributed by atoms with Gasteiger partial charge in [-0.15, -0.1) is 0 Å². The first-order valence-corrected chi connectivity index (χ1v) is 3.28. The molecular formula is C6H13NO3. The SMILES string of the molecule is CC(O)CCCNC(=O)O. The highest BCUT2D eigenvalue weighted by atomic mass is 16.4. The van der Waals surface area contributed by atoms with E-state index in [4.69, 9.17) is 10.2 Å². The number of hydrogen-bond donors (Lipinski definition) is 3. The van der Waals surface area contributed by atoms with Crippen LogP contribution in [-0.2, 0) is 0 Å². The van der Waals surface area contributed by atoms with Crippen molar-refractivity contribution < 1.29 is 15.0 Å². The Hall–Kier alpha value is -0.770. The molecule has 1 atom stereocenters. The smallest absolute Gasteiger partial charge is 0.404 e. The van der Waals surface area contributed by atoms with Crippen LogP contribution in [-0.4, -0.2) is 29.0 Å². The molecule has 60 valence electrons. The second-order valence-corrected chi connectivity index (χ2v) is 2.22. The average molecular weight is 147 g/mol. The molecule has 0 aromatic heterocycles. The molecule has 3 N–H and O–H groups in total. The predicted octanol–water partition coefficient (Wildman–Crippen LogP) is 0.415. The molecule has 0 aliphatic heterocycles. The van der Waals surface area contributed by atoms with Gasteiger partial charge in [-0.1, -0.05) is 0 Å². The van der Waals surface area contributed by atoms with Crippen molar-refractivity contribution in [1.29, 1.82) is 0 Å².